The van der Waals surface area contributed by atoms with Crippen molar-refractivity contribution in [2.45, 2.75) is 11.3 Å². The monoisotopic (exact) mass is 380 g/mol. The third-order valence-corrected chi connectivity index (χ3v) is 6.75. The maximum atomic E-state index is 13.1. The number of hydrogen-bond acceptors (Lipinski definition) is 4. The number of urea groups is 1. The zero-order valence-electron chi connectivity index (χ0n) is 15.0. The van der Waals surface area contributed by atoms with Crippen LogP contribution in [0.15, 0.2) is 35.2 Å². The Hall–Kier alpha value is -2.13. The van der Waals surface area contributed by atoms with Crippen molar-refractivity contribution in [3.05, 3.63) is 30.3 Å². The molecule has 0 saturated carbocycles. The highest BCUT2D eigenvalue weighted by Crippen LogP contribution is 2.33. The minimum absolute atomic E-state index is 0.110. The molecule has 2 heterocycles. The van der Waals surface area contributed by atoms with Crippen molar-refractivity contribution in [2.24, 2.45) is 5.41 Å². The summed E-state index contributed by atoms with van der Waals surface area (Å²) in [5.74, 6) is -0.110. The number of nitrogens with one attached hydrogen (secondary N) is 1. The summed E-state index contributed by atoms with van der Waals surface area (Å²) in [4.78, 5) is 27.7. The zero-order chi connectivity index (χ0) is 18.9. The van der Waals surface area contributed by atoms with Gasteiger partial charge in [0, 0.05) is 58.7 Å². The largest absolute Gasteiger partial charge is 0.355 e. The molecule has 3 amide bonds. The smallest absolute Gasteiger partial charge is 0.319 e. The Bertz CT molecular complexity index is 796. The molecule has 1 aromatic carbocycles. The summed E-state index contributed by atoms with van der Waals surface area (Å²) in [6, 6.07) is 8.08. The Morgan fingerprint density at radius 1 is 1.15 bits per heavy atom. The van der Waals surface area contributed by atoms with Gasteiger partial charge in [-0.2, -0.15) is 4.31 Å². The number of carbonyl (C=O) groups is 2. The lowest BCUT2D eigenvalue weighted by Gasteiger charge is -2.33. The van der Waals surface area contributed by atoms with Crippen molar-refractivity contribution in [1.29, 1.82) is 0 Å². The maximum Gasteiger partial charge on any atom is 0.319 e. The highest BCUT2D eigenvalue weighted by atomic mass is 32.2. The molecule has 0 bridgehead atoms. The fraction of sp³-hybridized carbons (Fsp3) is 0.529. The lowest BCUT2D eigenvalue weighted by atomic mass is 9.86. The first-order valence-corrected chi connectivity index (χ1v) is 9.96. The summed E-state index contributed by atoms with van der Waals surface area (Å²) >= 11 is 0. The van der Waals surface area contributed by atoms with Gasteiger partial charge in [-0.25, -0.2) is 13.2 Å². The molecule has 1 spiro atoms. The number of sulfonamides is 1. The lowest BCUT2D eigenvalue weighted by molar-refractivity contribution is -0.119. The minimum atomic E-state index is -3.69. The molecule has 0 aliphatic carbocycles. The van der Waals surface area contributed by atoms with Crippen LogP contribution in [0.1, 0.15) is 6.42 Å². The molecular formula is C17H24N4O4S. The molecule has 1 atom stereocenters. The van der Waals surface area contributed by atoms with Crippen molar-refractivity contribution in [1.82, 2.24) is 19.4 Å². The molecule has 142 valence electrons. The molecule has 0 radical (unpaired) electrons. The Kier molecular flexibility index (Phi) is 4.94. The van der Waals surface area contributed by atoms with E-state index >= 15 is 0 Å². The van der Waals surface area contributed by atoms with E-state index in [2.05, 4.69) is 5.32 Å². The molecule has 2 aliphatic heterocycles. The SMILES string of the molecule is CN(C)C(=O)N1CCN(S(=O)(=O)c2ccccc2)CC2(CNC(=O)C2)C1. The van der Waals surface area contributed by atoms with Gasteiger partial charge in [0.1, 0.15) is 0 Å². The van der Waals surface area contributed by atoms with Crippen molar-refractivity contribution < 1.29 is 18.0 Å². The van der Waals surface area contributed by atoms with Crippen LogP contribution in [-0.4, -0.2) is 81.3 Å². The van der Waals surface area contributed by atoms with Crippen LogP contribution < -0.4 is 5.32 Å². The van der Waals surface area contributed by atoms with Gasteiger partial charge in [0.15, 0.2) is 0 Å². The number of benzene rings is 1. The molecule has 2 fully saturated rings. The second-order valence-electron chi connectivity index (χ2n) is 7.20. The summed E-state index contributed by atoms with van der Waals surface area (Å²) in [7, 11) is -0.367. The molecule has 2 saturated heterocycles. The summed E-state index contributed by atoms with van der Waals surface area (Å²) in [5.41, 5.74) is -0.610. The lowest BCUT2D eigenvalue weighted by Crippen LogP contribution is -2.47. The van der Waals surface area contributed by atoms with E-state index in [1.165, 1.54) is 9.21 Å². The summed E-state index contributed by atoms with van der Waals surface area (Å²) in [6.45, 7) is 1.42. The quantitative estimate of drug-likeness (QED) is 0.793. The second kappa shape index (κ2) is 6.88. The number of hydrogen-bond donors (Lipinski definition) is 1. The molecule has 26 heavy (non-hydrogen) atoms. The Balaban J connectivity index is 1.94. The van der Waals surface area contributed by atoms with E-state index in [-0.39, 0.29) is 36.3 Å². The van der Waals surface area contributed by atoms with Crippen LogP contribution in [-0.2, 0) is 14.8 Å². The van der Waals surface area contributed by atoms with Crippen LogP contribution in [0.25, 0.3) is 0 Å². The molecule has 8 nitrogen and oxygen atoms in total. The van der Waals surface area contributed by atoms with Crippen LogP contribution in [0.3, 0.4) is 0 Å². The predicted molar refractivity (Wildman–Crippen MR) is 95.9 cm³/mol. The van der Waals surface area contributed by atoms with Gasteiger partial charge in [-0.1, -0.05) is 18.2 Å². The third-order valence-electron chi connectivity index (χ3n) is 4.89. The summed E-state index contributed by atoms with van der Waals surface area (Å²) < 4.78 is 27.6. The first-order valence-electron chi connectivity index (χ1n) is 8.52. The number of carbonyl (C=O) groups excluding carboxylic acids is 2. The molecule has 2 aliphatic rings. The average Bonchev–Trinajstić information content (AvgIpc) is 2.86. The highest BCUT2D eigenvalue weighted by Gasteiger charge is 2.46. The van der Waals surface area contributed by atoms with Gasteiger partial charge in [0.05, 0.1) is 4.90 Å². The first kappa shape index (κ1) is 18.7. The molecule has 9 heteroatoms. The Morgan fingerprint density at radius 2 is 1.85 bits per heavy atom. The minimum Gasteiger partial charge on any atom is -0.355 e. The Labute approximate surface area is 153 Å². The fourth-order valence-electron chi connectivity index (χ4n) is 3.59. The van der Waals surface area contributed by atoms with E-state index in [9.17, 15) is 18.0 Å². The molecule has 1 unspecified atom stereocenters. The van der Waals surface area contributed by atoms with Gasteiger partial charge >= 0.3 is 6.03 Å². The molecule has 3 rings (SSSR count). The maximum absolute atomic E-state index is 13.1. The molecule has 1 N–H and O–H groups in total. The molecule has 0 aromatic heterocycles. The van der Waals surface area contributed by atoms with E-state index in [1.54, 1.807) is 49.3 Å². The van der Waals surface area contributed by atoms with Crippen LogP contribution in [0.5, 0.6) is 0 Å². The van der Waals surface area contributed by atoms with E-state index < -0.39 is 15.4 Å². The van der Waals surface area contributed by atoms with E-state index in [0.29, 0.717) is 19.6 Å². The summed E-state index contributed by atoms with van der Waals surface area (Å²) in [5, 5.41) is 2.80. The van der Waals surface area contributed by atoms with Gasteiger partial charge in [0.25, 0.3) is 0 Å². The van der Waals surface area contributed by atoms with Crippen LogP contribution in [0.2, 0.25) is 0 Å². The Morgan fingerprint density at radius 3 is 2.42 bits per heavy atom. The summed E-state index contributed by atoms with van der Waals surface area (Å²) in [6.07, 6.45) is 0.213. The number of amides is 3. The number of rotatable bonds is 2. The third kappa shape index (κ3) is 3.54. The normalized spacial score (nSPS) is 24.4. The molecule has 1 aromatic rings. The highest BCUT2D eigenvalue weighted by molar-refractivity contribution is 7.89. The van der Waals surface area contributed by atoms with Crippen molar-refractivity contribution in [3.8, 4) is 0 Å². The van der Waals surface area contributed by atoms with Gasteiger partial charge < -0.3 is 15.1 Å². The van der Waals surface area contributed by atoms with Crippen molar-refractivity contribution in [2.75, 3.05) is 46.8 Å². The van der Waals surface area contributed by atoms with Crippen molar-refractivity contribution >= 4 is 22.0 Å². The van der Waals surface area contributed by atoms with Gasteiger partial charge in [-0.3, -0.25) is 4.79 Å². The fourth-order valence-corrected chi connectivity index (χ4v) is 5.15. The van der Waals surface area contributed by atoms with E-state index in [1.807, 2.05) is 0 Å². The van der Waals surface area contributed by atoms with Crippen molar-refractivity contribution in [3.63, 3.8) is 0 Å². The topological polar surface area (TPSA) is 90.0 Å². The standard InChI is InChI=1S/C17H24N4O4S/c1-19(2)16(23)20-8-9-21(13-17(12-20)10-15(22)18-11-17)26(24,25)14-6-4-3-5-7-14/h3-7H,8-13H2,1-2H3,(H,18,22). The van der Waals surface area contributed by atoms with Crippen LogP contribution >= 0.6 is 0 Å². The predicted octanol–water partition coefficient (Wildman–Crippen LogP) is 0.181. The first-order chi connectivity index (χ1) is 12.2. The van der Waals surface area contributed by atoms with Crippen LogP contribution in [0, 0.1) is 5.41 Å². The second-order valence-corrected chi connectivity index (χ2v) is 9.14. The van der Waals surface area contributed by atoms with E-state index in [4.69, 9.17) is 0 Å². The van der Waals surface area contributed by atoms with Crippen LogP contribution in [0.4, 0.5) is 4.79 Å². The van der Waals surface area contributed by atoms with Gasteiger partial charge in [-0.05, 0) is 12.1 Å². The number of nitrogens with zero attached hydrogens (tertiary/aromatic N) is 3. The van der Waals surface area contributed by atoms with Gasteiger partial charge in [-0.15, -0.1) is 0 Å². The zero-order valence-corrected chi connectivity index (χ0v) is 15.8. The van der Waals surface area contributed by atoms with Gasteiger partial charge in [0.2, 0.25) is 15.9 Å². The van der Waals surface area contributed by atoms with E-state index in [0.717, 1.165) is 0 Å². The molecular weight excluding hydrogens is 356 g/mol. The average molecular weight is 380 g/mol.